The SMILES string of the molecule is c1ccc(-n2c3ccccc3c3cc([Si](c4ccccc4)(c4ccccc4)c4ccc5c(c4)sc4ccccc45)ccc32)cc1. The lowest BCUT2D eigenvalue weighted by Gasteiger charge is -2.34. The van der Waals surface area contributed by atoms with Crippen molar-refractivity contribution < 1.29 is 0 Å². The number of aromatic nitrogens is 1. The normalized spacial score (nSPS) is 12.0. The Morgan fingerprint density at radius 3 is 1.62 bits per heavy atom. The number of nitrogens with zero attached hydrogens (tertiary/aromatic N) is 1. The van der Waals surface area contributed by atoms with Gasteiger partial charge in [-0.2, -0.15) is 0 Å². The molecule has 0 bridgehead atoms. The summed E-state index contributed by atoms with van der Waals surface area (Å²) < 4.78 is 5.09. The van der Waals surface area contributed by atoms with Crippen molar-refractivity contribution in [3.05, 3.63) is 176 Å². The molecule has 0 saturated carbocycles. The monoisotopic (exact) mass is 607 g/mol. The molecule has 0 amide bonds. The van der Waals surface area contributed by atoms with E-state index in [1.807, 2.05) is 11.3 Å². The van der Waals surface area contributed by atoms with Gasteiger partial charge in [0.05, 0.1) is 11.0 Å². The molecule has 0 saturated heterocycles. The van der Waals surface area contributed by atoms with Gasteiger partial charge in [0.2, 0.25) is 0 Å². The minimum atomic E-state index is -2.74. The third-order valence-electron chi connectivity index (χ3n) is 9.35. The Bertz CT molecular complexity index is 2440. The molecule has 0 fully saturated rings. The zero-order valence-electron chi connectivity index (χ0n) is 24.6. The molecule has 0 aliphatic rings. The molecule has 3 heteroatoms. The summed E-state index contributed by atoms with van der Waals surface area (Å²) >= 11 is 1.90. The maximum Gasteiger partial charge on any atom is 0.179 e. The third kappa shape index (κ3) is 3.98. The first kappa shape index (κ1) is 26.2. The van der Waals surface area contributed by atoms with Gasteiger partial charge in [-0.15, -0.1) is 11.3 Å². The van der Waals surface area contributed by atoms with Gasteiger partial charge in [-0.3, -0.25) is 0 Å². The van der Waals surface area contributed by atoms with Gasteiger partial charge >= 0.3 is 0 Å². The van der Waals surface area contributed by atoms with Crippen LogP contribution in [0.5, 0.6) is 0 Å². The van der Waals surface area contributed by atoms with E-state index in [1.165, 1.54) is 68.4 Å². The van der Waals surface area contributed by atoms with Crippen LogP contribution < -0.4 is 20.7 Å². The summed E-state index contributed by atoms with van der Waals surface area (Å²) in [7, 11) is -2.74. The third-order valence-corrected chi connectivity index (χ3v) is 15.2. The molecule has 7 aromatic carbocycles. The summed E-state index contributed by atoms with van der Waals surface area (Å²) in [5.74, 6) is 0. The second-order valence-corrected chi connectivity index (χ2v) is 16.6. The lowest BCUT2D eigenvalue weighted by Crippen LogP contribution is -2.74. The Balaban J connectivity index is 1.40. The van der Waals surface area contributed by atoms with Crippen LogP contribution >= 0.6 is 11.3 Å². The van der Waals surface area contributed by atoms with E-state index in [1.54, 1.807) is 0 Å². The second-order valence-electron chi connectivity index (χ2n) is 11.7. The molecular formula is C42H29NSSi. The fraction of sp³-hybridized carbons (Fsp3) is 0. The van der Waals surface area contributed by atoms with Crippen molar-refractivity contribution in [2.24, 2.45) is 0 Å². The molecule has 9 rings (SSSR count). The zero-order valence-corrected chi connectivity index (χ0v) is 26.4. The van der Waals surface area contributed by atoms with Gasteiger partial charge < -0.3 is 4.57 Å². The molecule has 2 aromatic heterocycles. The Morgan fingerprint density at radius 1 is 0.356 bits per heavy atom. The molecule has 0 aliphatic carbocycles. The zero-order chi connectivity index (χ0) is 29.8. The lowest BCUT2D eigenvalue weighted by atomic mass is 10.1. The minimum Gasteiger partial charge on any atom is -0.309 e. The van der Waals surface area contributed by atoms with E-state index in [2.05, 4.69) is 180 Å². The molecule has 0 atom stereocenters. The standard InChI is InChI=1S/C42H29NSSi/c1-4-14-30(15-5-1)43-39-22-12-10-20-35(39)38-28-33(25-27-40(38)43)45(31-16-6-2-7-17-31,32-18-8-3-9-19-32)34-24-26-37-36-21-11-13-23-41(36)44-42(37)29-34/h1-29H. The van der Waals surface area contributed by atoms with Crippen LogP contribution in [0.3, 0.4) is 0 Å². The first-order chi connectivity index (χ1) is 22.3. The molecule has 0 unspecified atom stereocenters. The Morgan fingerprint density at radius 2 is 0.889 bits per heavy atom. The van der Waals surface area contributed by atoms with E-state index in [4.69, 9.17) is 0 Å². The van der Waals surface area contributed by atoms with Crippen LogP contribution in [0.15, 0.2) is 176 Å². The second kappa shape index (κ2) is 10.4. The van der Waals surface area contributed by atoms with Crippen molar-refractivity contribution in [1.29, 1.82) is 0 Å². The molecule has 212 valence electrons. The van der Waals surface area contributed by atoms with Crippen LogP contribution in [0.25, 0.3) is 47.7 Å². The molecule has 1 nitrogen and oxygen atoms in total. The van der Waals surface area contributed by atoms with Gasteiger partial charge in [0, 0.05) is 36.6 Å². The van der Waals surface area contributed by atoms with Crippen molar-refractivity contribution in [2.45, 2.75) is 0 Å². The number of hydrogen-bond acceptors (Lipinski definition) is 1. The van der Waals surface area contributed by atoms with Crippen molar-refractivity contribution in [3.8, 4) is 5.69 Å². The predicted octanol–water partition coefficient (Wildman–Crippen LogP) is 8.53. The smallest absolute Gasteiger partial charge is 0.179 e. The quantitative estimate of drug-likeness (QED) is 0.137. The topological polar surface area (TPSA) is 4.93 Å². The summed E-state index contributed by atoms with van der Waals surface area (Å²) in [6.45, 7) is 0. The number of fused-ring (bicyclic) bond motifs is 6. The number of rotatable bonds is 5. The molecule has 2 heterocycles. The molecular weight excluding hydrogens is 579 g/mol. The lowest BCUT2D eigenvalue weighted by molar-refractivity contribution is 1.18. The number of hydrogen-bond donors (Lipinski definition) is 0. The Labute approximate surface area is 267 Å². The van der Waals surface area contributed by atoms with E-state index in [0.717, 1.165) is 0 Å². The minimum absolute atomic E-state index is 1.18. The van der Waals surface area contributed by atoms with Crippen LogP contribution in [-0.4, -0.2) is 12.6 Å². The first-order valence-electron chi connectivity index (χ1n) is 15.4. The van der Waals surface area contributed by atoms with Gasteiger partial charge in [0.25, 0.3) is 0 Å². The fourth-order valence-corrected chi connectivity index (χ4v) is 13.4. The van der Waals surface area contributed by atoms with Crippen LogP contribution in [0.1, 0.15) is 0 Å². The van der Waals surface area contributed by atoms with Gasteiger partial charge in [-0.05, 0) is 57.1 Å². The van der Waals surface area contributed by atoms with E-state index < -0.39 is 8.07 Å². The summed E-state index contributed by atoms with van der Waals surface area (Å²) in [6.07, 6.45) is 0. The number of para-hydroxylation sites is 2. The molecule has 45 heavy (non-hydrogen) atoms. The molecule has 0 spiro atoms. The average molecular weight is 608 g/mol. The highest BCUT2D eigenvalue weighted by Crippen LogP contribution is 2.34. The highest BCUT2D eigenvalue weighted by atomic mass is 32.1. The molecule has 0 radical (unpaired) electrons. The maximum absolute atomic E-state index is 2.74. The molecule has 0 aliphatic heterocycles. The number of thiophene rings is 1. The van der Waals surface area contributed by atoms with Crippen molar-refractivity contribution in [3.63, 3.8) is 0 Å². The maximum atomic E-state index is 2.51. The van der Waals surface area contributed by atoms with Gasteiger partial charge in [0.1, 0.15) is 0 Å². The van der Waals surface area contributed by atoms with Gasteiger partial charge in [-0.1, -0.05) is 140 Å². The largest absolute Gasteiger partial charge is 0.309 e. The van der Waals surface area contributed by atoms with E-state index in [-0.39, 0.29) is 0 Å². The summed E-state index contributed by atoms with van der Waals surface area (Å²) in [5, 5.41) is 10.8. The Kier molecular flexibility index (Phi) is 6.08. The van der Waals surface area contributed by atoms with E-state index in [9.17, 15) is 0 Å². The van der Waals surface area contributed by atoms with Crippen LogP contribution in [0.4, 0.5) is 0 Å². The summed E-state index contributed by atoms with van der Waals surface area (Å²) in [5.41, 5.74) is 3.64. The molecule has 0 N–H and O–H groups in total. The van der Waals surface area contributed by atoms with Crippen LogP contribution in [-0.2, 0) is 0 Å². The van der Waals surface area contributed by atoms with Crippen molar-refractivity contribution in [1.82, 2.24) is 4.57 Å². The van der Waals surface area contributed by atoms with Crippen molar-refractivity contribution in [2.75, 3.05) is 0 Å². The highest BCUT2D eigenvalue weighted by Gasteiger charge is 2.42. The van der Waals surface area contributed by atoms with Crippen LogP contribution in [0, 0.1) is 0 Å². The molecule has 9 aromatic rings. The first-order valence-corrected chi connectivity index (χ1v) is 18.3. The predicted molar refractivity (Wildman–Crippen MR) is 197 cm³/mol. The van der Waals surface area contributed by atoms with Crippen LogP contribution in [0.2, 0.25) is 0 Å². The van der Waals surface area contributed by atoms with E-state index in [0.29, 0.717) is 0 Å². The van der Waals surface area contributed by atoms with Crippen molar-refractivity contribution >= 4 is 82.1 Å². The fourth-order valence-electron chi connectivity index (χ4n) is 7.40. The Hall–Kier alpha value is -5.22. The summed E-state index contributed by atoms with van der Waals surface area (Å²) in [4.78, 5) is 0. The highest BCUT2D eigenvalue weighted by molar-refractivity contribution is 7.26. The number of benzene rings is 7. The summed E-state index contributed by atoms with van der Waals surface area (Å²) in [6, 6.07) is 65.5. The van der Waals surface area contributed by atoms with E-state index >= 15 is 0 Å². The average Bonchev–Trinajstić information content (AvgIpc) is 3.65. The van der Waals surface area contributed by atoms with Gasteiger partial charge in [-0.25, -0.2) is 0 Å². The van der Waals surface area contributed by atoms with Gasteiger partial charge in [0.15, 0.2) is 8.07 Å².